The number of likely N-dealkylation sites (tertiary alicyclic amines) is 1. The number of aliphatic hydroxyl groups is 1. The number of ether oxygens (including phenoxy) is 11. The Kier molecular flexibility index (Phi) is 50.2. The number of rotatable bonds is 62. The third-order valence-electron chi connectivity index (χ3n) is 22.9. The number of urea groups is 1. The van der Waals surface area contributed by atoms with E-state index in [1.807, 2.05) is 80.6 Å². The molecule has 4 aromatic rings. The van der Waals surface area contributed by atoms with Crippen LogP contribution in [0.4, 0.5) is 21.0 Å². The zero-order valence-electron chi connectivity index (χ0n) is 79.0. The first-order chi connectivity index (χ1) is 62.9. The molecule has 2 heterocycles. The highest BCUT2D eigenvalue weighted by Crippen LogP contribution is 2.32. The highest BCUT2D eigenvalue weighted by atomic mass is 16.6. The van der Waals surface area contributed by atoms with Crippen LogP contribution in [0, 0.1) is 41.4 Å². The molecule has 12 amide bonds. The topological polar surface area (TPSA) is 433 Å². The van der Waals surface area contributed by atoms with Crippen molar-refractivity contribution >= 4 is 76.7 Å². The van der Waals surface area contributed by atoms with E-state index in [2.05, 4.69) is 49.1 Å². The van der Waals surface area contributed by atoms with Crippen LogP contribution in [0.25, 0.3) is 0 Å². The van der Waals surface area contributed by atoms with Crippen LogP contribution < -0.4 is 47.9 Å². The van der Waals surface area contributed by atoms with Crippen molar-refractivity contribution in [2.24, 2.45) is 35.3 Å². The van der Waals surface area contributed by atoms with Gasteiger partial charge in [0.15, 0.2) is 0 Å². The van der Waals surface area contributed by atoms with Gasteiger partial charge in [0.25, 0.3) is 0 Å². The summed E-state index contributed by atoms with van der Waals surface area (Å²) in [6.45, 7) is 24.2. The fourth-order valence-corrected chi connectivity index (χ4v) is 15.4. The molecule has 1 saturated heterocycles. The van der Waals surface area contributed by atoms with E-state index in [0.29, 0.717) is 142 Å². The molecule has 0 aromatic heterocycles. The number of nitrogens with one attached hydrogen (secondary N) is 7. The largest absolute Gasteiger partial charge is 0.445 e. The fourth-order valence-electron chi connectivity index (χ4n) is 15.4. The summed E-state index contributed by atoms with van der Waals surface area (Å²) in [4.78, 5) is 156. The molecule has 0 bridgehead atoms. The molecule has 10 N–H and O–H groups in total. The average Bonchev–Trinajstić information content (AvgIpc) is 1.79. The van der Waals surface area contributed by atoms with Crippen molar-refractivity contribution in [3.63, 3.8) is 0 Å². The number of nitrogens with zero attached hydrogens (tertiary/aromatic N) is 4. The van der Waals surface area contributed by atoms with Gasteiger partial charge in [-0.2, -0.15) is 0 Å². The first kappa shape index (κ1) is 110. The van der Waals surface area contributed by atoms with Gasteiger partial charge in [0.05, 0.1) is 167 Å². The lowest BCUT2D eigenvalue weighted by Crippen LogP contribution is -2.60. The lowest BCUT2D eigenvalue weighted by Gasteiger charge is -2.41. The summed E-state index contributed by atoms with van der Waals surface area (Å²) < 4.78 is 62.4. The lowest BCUT2D eigenvalue weighted by molar-refractivity contribution is -0.148. The molecule has 0 radical (unpaired) electrons. The molecular formula is C96H144N12O23. The van der Waals surface area contributed by atoms with E-state index in [0.717, 1.165) is 22.4 Å². The summed E-state index contributed by atoms with van der Waals surface area (Å²) in [6, 6.07) is 23.9. The molecule has 6 rings (SSSR count). The third-order valence-corrected chi connectivity index (χ3v) is 22.9. The van der Waals surface area contributed by atoms with E-state index in [9.17, 15) is 57.8 Å². The molecule has 1 fully saturated rings. The van der Waals surface area contributed by atoms with Crippen LogP contribution in [0.15, 0.2) is 103 Å². The minimum Gasteiger partial charge on any atom is -0.445 e. The molecule has 0 unspecified atom stereocenters. The molecule has 2 aliphatic heterocycles. The van der Waals surface area contributed by atoms with Gasteiger partial charge in [0.1, 0.15) is 30.8 Å². The molecule has 4 aromatic carbocycles. The molecular weight excluding hydrogens is 1690 g/mol. The van der Waals surface area contributed by atoms with Gasteiger partial charge in [-0.05, 0) is 103 Å². The van der Waals surface area contributed by atoms with Gasteiger partial charge in [-0.3, -0.25) is 48.1 Å². The smallest absolute Gasteiger partial charge is 0.410 e. The number of primary amides is 1. The Hall–Kier alpha value is -10.2. The Labute approximate surface area is 772 Å². The number of carbonyl (C=O) groups excluding carboxylic acids is 11. The summed E-state index contributed by atoms with van der Waals surface area (Å²) in [5, 5.41) is 30.5. The standard InChI is InChI=1S/C96H144N12O23/c1-15-67(8)87(79(121-13)61-83(112)107-44-24-32-78(107)89(122-14)68(9)90(114)100-69(10)88(113)73-27-17-16-18-28-73)105(11)94(118)85(65(4)5)104-93(117)86(66(6)7)106(12)96(120)131-63-70-33-37-75(38-34-70)101-91(115)76(30-23-42-99-95(97)119)102-92(116)84(64(2)3)103-81(110)41-45-123-47-49-125-51-53-127-55-57-129-59-60-130-58-56-128-54-52-126-50-48-124-46-43-98-80(109)39-40-82(111)108-62-74-29-20-19-25-71(74)35-36-72-26-21-22-31-77(72)108/h16-22,25-29,31,33-34,37-38,64-69,76,78-79,84-89,113H,15,23-24,30,32,39-63H2,1-14H3,(H,98,109)(H,100,114)(H,101,115)(H,102,116)(H,103,110)(H,104,117)(H3,97,99,119)/t67-,68+,69+,76-,78-,79+,84-,85-,86-,87-,88+,89+/m0/s1. The second kappa shape index (κ2) is 60.0. The minimum atomic E-state index is -1.13. The van der Waals surface area contributed by atoms with Crippen LogP contribution in [0.2, 0.25) is 0 Å². The third kappa shape index (κ3) is 37.8. The van der Waals surface area contributed by atoms with Gasteiger partial charge in [-0.25, -0.2) is 9.59 Å². The van der Waals surface area contributed by atoms with Crippen molar-refractivity contribution in [1.82, 2.24) is 46.6 Å². The number of hydrogen-bond acceptors (Lipinski definition) is 23. The van der Waals surface area contributed by atoms with Crippen molar-refractivity contribution in [2.45, 2.75) is 201 Å². The van der Waals surface area contributed by atoms with Crippen LogP contribution in [-0.4, -0.2) is 293 Å². The number of methoxy groups -OCH3 is 2. The van der Waals surface area contributed by atoms with E-state index < -0.39 is 126 Å². The van der Waals surface area contributed by atoms with Gasteiger partial charge in [0, 0.05) is 84.0 Å². The number of amides is 12. The summed E-state index contributed by atoms with van der Waals surface area (Å²) in [5.41, 5.74) is 10.1. The predicted octanol–water partition coefficient (Wildman–Crippen LogP) is 6.96. The minimum absolute atomic E-state index is 0.0440. The maximum absolute atomic E-state index is 14.9. The SMILES string of the molecule is CC[C@H](C)[C@@H]([C@@H](CC(=O)N1CCC[C@H]1[C@H](OC)[C@@H](C)C(=O)N[C@H](C)[C@@H](O)c1ccccc1)OC)N(C)C(=O)[C@@H](NC(=O)[C@H](C(C)C)N(C)C(=O)OCc1ccc(NC(=O)[C@H](CCCNC(N)=O)NC(=O)[C@@H](NC(=O)CCOCCOCCOCCOCCOCCOCCOCCOCCNC(=O)CCC(=O)N2Cc3ccccc3C#Cc3ccccc32)C(C)C)cc1)C(C)C. The number of benzene rings is 4. The molecule has 35 heteroatoms. The highest BCUT2D eigenvalue weighted by molar-refractivity contribution is 5.99. The summed E-state index contributed by atoms with van der Waals surface area (Å²) in [7, 11) is 6.08. The Morgan fingerprint density at radius 1 is 0.542 bits per heavy atom. The van der Waals surface area contributed by atoms with Crippen LogP contribution >= 0.6 is 0 Å². The molecule has 0 saturated carbocycles. The lowest BCUT2D eigenvalue weighted by atomic mass is 9.89. The first-order valence-electron chi connectivity index (χ1n) is 45.7. The Morgan fingerprint density at radius 3 is 1.66 bits per heavy atom. The van der Waals surface area contributed by atoms with Gasteiger partial charge in [0.2, 0.25) is 53.2 Å². The monoisotopic (exact) mass is 1830 g/mol. The van der Waals surface area contributed by atoms with Gasteiger partial charge >= 0.3 is 12.1 Å². The van der Waals surface area contributed by atoms with Crippen LogP contribution in [0.5, 0.6) is 0 Å². The summed E-state index contributed by atoms with van der Waals surface area (Å²) in [5.74, 6) is 0.570. The predicted molar refractivity (Wildman–Crippen MR) is 493 cm³/mol. The molecule has 131 heavy (non-hydrogen) atoms. The zero-order chi connectivity index (χ0) is 95.7. The van der Waals surface area contributed by atoms with E-state index in [-0.39, 0.29) is 101 Å². The van der Waals surface area contributed by atoms with E-state index in [1.165, 1.54) is 26.2 Å². The Morgan fingerprint density at radius 2 is 1.10 bits per heavy atom. The van der Waals surface area contributed by atoms with Crippen molar-refractivity contribution < 1.29 is 110 Å². The van der Waals surface area contributed by atoms with Crippen molar-refractivity contribution in [2.75, 3.05) is 164 Å². The number of aliphatic hydroxyl groups excluding tert-OH is 1. The Balaban J connectivity index is 0.818. The van der Waals surface area contributed by atoms with Crippen LogP contribution in [0.3, 0.4) is 0 Å². The number of nitrogens with two attached hydrogens (primary N) is 1. The second-order valence-electron chi connectivity index (χ2n) is 33.7. The zero-order valence-corrected chi connectivity index (χ0v) is 79.0. The number of hydrogen-bond donors (Lipinski definition) is 9. The number of fused-ring (bicyclic) bond motifs is 2. The van der Waals surface area contributed by atoms with Gasteiger partial charge < -0.3 is 115 Å². The van der Waals surface area contributed by atoms with Crippen molar-refractivity contribution in [3.8, 4) is 11.8 Å². The summed E-state index contributed by atoms with van der Waals surface area (Å²) in [6.07, 6.45) is -1.11. The molecule has 2 aliphatic rings. The van der Waals surface area contributed by atoms with Crippen LogP contribution in [0.1, 0.15) is 161 Å². The second-order valence-corrected chi connectivity index (χ2v) is 33.7. The van der Waals surface area contributed by atoms with Gasteiger partial charge in [-0.1, -0.05) is 153 Å². The van der Waals surface area contributed by atoms with Crippen LogP contribution in [-0.2, 0) is 108 Å². The van der Waals surface area contributed by atoms with E-state index in [1.54, 1.807) is 114 Å². The van der Waals surface area contributed by atoms with Crippen molar-refractivity contribution in [1.29, 1.82) is 0 Å². The number of anilines is 2. The number of carbonyl (C=O) groups is 11. The summed E-state index contributed by atoms with van der Waals surface area (Å²) >= 11 is 0. The highest BCUT2D eigenvalue weighted by Gasteiger charge is 2.44. The molecule has 12 atom stereocenters. The van der Waals surface area contributed by atoms with E-state index in [4.69, 9.17) is 57.8 Å². The molecule has 726 valence electrons. The first-order valence-corrected chi connectivity index (χ1v) is 45.7. The van der Waals surface area contributed by atoms with Crippen molar-refractivity contribution in [3.05, 3.63) is 131 Å². The number of para-hydroxylation sites is 1. The fraction of sp³-hybridized carbons (Fsp3) is 0.615. The maximum Gasteiger partial charge on any atom is 0.410 e. The van der Waals surface area contributed by atoms with Gasteiger partial charge in [-0.15, -0.1) is 0 Å². The molecule has 0 spiro atoms. The quantitative estimate of drug-likeness (QED) is 0.0159. The average molecular weight is 1830 g/mol. The molecule has 35 nitrogen and oxygen atoms in total. The Bertz CT molecular complexity index is 4230. The van der Waals surface area contributed by atoms with E-state index >= 15 is 0 Å². The maximum atomic E-state index is 14.9. The normalized spacial score (nSPS) is 15.5. The number of likely N-dealkylation sites (N-methyl/N-ethyl adjacent to an activating group) is 2. The molecule has 0 aliphatic carbocycles.